The van der Waals surface area contributed by atoms with Gasteiger partial charge in [0.05, 0.1) is 0 Å². The van der Waals surface area contributed by atoms with Crippen LogP contribution >= 0.6 is 0 Å². The van der Waals surface area contributed by atoms with Gasteiger partial charge in [0.1, 0.15) is 0 Å². The molecule has 0 unspecified atom stereocenters. The molecule has 0 aromatic rings. The van der Waals surface area contributed by atoms with Crippen LogP contribution in [0.3, 0.4) is 0 Å². The Balaban J connectivity index is 2.68. The molecule has 1 rings (SSSR count). The maximum Gasteiger partial charge on any atom is 0.511 e. The Morgan fingerprint density at radius 2 is 1.50 bits per heavy atom. The van der Waals surface area contributed by atoms with E-state index in [0.717, 1.165) is 0 Å². The first-order chi connectivity index (χ1) is 7.16. The van der Waals surface area contributed by atoms with Crippen LogP contribution in [0.5, 0.6) is 0 Å². The SMILES string of the molecule is CC(C)N1CCN(S(=O)(=O)C(F)(F)F)CC1. The van der Waals surface area contributed by atoms with Crippen molar-refractivity contribution >= 4 is 10.0 Å². The van der Waals surface area contributed by atoms with Crippen molar-refractivity contribution in [2.75, 3.05) is 26.2 Å². The first-order valence-electron chi connectivity index (χ1n) is 4.96. The second-order valence-corrected chi connectivity index (χ2v) is 5.91. The molecule has 0 spiro atoms. The summed E-state index contributed by atoms with van der Waals surface area (Å²) in [5.41, 5.74) is -5.19. The predicted molar refractivity (Wildman–Crippen MR) is 53.3 cm³/mol. The number of nitrogens with zero attached hydrogens (tertiary/aromatic N) is 2. The van der Waals surface area contributed by atoms with Crippen LogP contribution in [-0.4, -0.2) is 55.4 Å². The van der Waals surface area contributed by atoms with Gasteiger partial charge < -0.3 is 0 Å². The Morgan fingerprint density at radius 3 is 1.81 bits per heavy atom. The Bertz CT molecular complexity index is 332. The van der Waals surface area contributed by atoms with Gasteiger partial charge in [-0.3, -0.25) is 4.90 Å². The van der Waals surface area contributed by atoms with Crippen molar-refractivity contribution in [3.63, 3.8) is 0 Å². The lowest BCUT2D eigenvalue weighted by Crippen LogP contribution is -2.53. The molecule has 96 valence electrons. The third-order valence-corrected chi connectivity index (χ3v) is 4.27. The highest BCUT2D eigenvalue weighted by Gasteiger charge is 2.50. The minimum absolute atomic E-state index is 0.0972. The van der Waals surface area contributed by atoms with Gasteiger partial charge in [-0.1, -0.05) is 0 Å². The van der Waals surface area contributed by atoms with Crippen LogP contribution < -0.4 is 0 Å². The molecule has 0 atom stereocenters. The van der Waals surface area contributed by atoms with Gasteiger partial charge in [-0.05, 0) is 13.8 Å². The van der Waals surface area contributed by atoms with E-state index in [4.69, 9.17) is 0 Å². The minimum Gasteiger partial charge on any atom is -0.298 e. The van der Waals surface area contributed by atoms with Crippen molar-refractivity contribution in [3.05, 3.63) is 0 Å². The summed E-state index contributed by atoms with van der Waals surface area (Å²) >= 11 is 0. The molecular formula is C8H15F3N2O2S. The highest BCUT2D eigenvalue weighted by atomic mass is 32.2. The van der Waals surface area contributed by atoms with Crippen molar-refractivity contribution in [2.45, 2.75) is 25.4 Å². The van der Waals surface area contributed by atoms with E-state index in [1.807, 2.05) is 18.7 Å². The van der Waals surface area contributed by atoms with Gasteiger partial charge in [0.2, 0.25) is 0 Å². The van der Waals surface area contributed by atoms with E-state index < -0.39 is 15.5 Å². The Kier molecular flexibility index (Phi) is 3.86. The van der Waals surface area contributed by atoms with Crippen molar-refractivity contribution in [1.29, 1.82) is 0 Å². The van der Waals surface area contributed by atoms with Gasteiger partial charge in [-0.2, -0.15) is 17.5 Å². The number of hydrogen-bond acceptors (Lipinski definition) is 3. The Labute approximate surface area is 93.1 Å². The van der Waals surface area contributed by atoms with Crippen LogP contribution in [0.15, 0.2) is 0 Å². The molecule has 1 saturated heterocycles. The van der Waals surface area contributed by atoms with Crippen molar-refractivity contribution in [1.82, 2.24) is 9.21 Å². The summed E-state index contributed by atoms with van der Waals surface area (Å²) in [6, 6.07) is 0.218. The summed E-state index contributed by atoms with van der Waals surface area (Å²) in [6.45, 7) is 4.34. The van der Waals surface area contributed by atoms with E-state index in [0.29, 0.717) is 17.4 Å². The third kappa shape index (κ3) is 2.67. The maximum atomic E-state index is 12.2. The number of halogens is 3. The van der Waals surface area contributed by atoms with Gasteiger partial charge >= 0.3 is 15.5 Å². The van der Waals surface area contributed by atoms with Crippen LogP contribution in [-0.2, 0) is 10.0 Å². The average Bonchev–Trinajstić information content (AvgIpc) is 2.16. The molecule has 4 nitrogen and oxygen atoms in total. The highest BCUT2D eigenvalue weighted by molar-refractivity contribution is 7.90. The van der Waals surface area contributed by atoms with Crippen LogP contribution in [0.2, 0.25) is 0 Å². The first kappa shape index (κ1) is 13.7. The topological polar surface area (TPSA) is 40.6 Å². The summed E-state index contributed by atoms with van der Waals surface area (Å²) in [7, 11) is -5.14. The fraction of sp³-hybridized carbons (Fsp3) is 1.00. The largest absolute Gasteiger partial charge is 0.511 e. The number of hydrogen-bond donors (Lipinski definition) is 0. The number of sulfonamides is 1. The zero-order valence-corrected chi connectivity index (χ0v) is 9.98. The molecule has 8 heteroatoms. The second-order valence-electron chi connectivity index (χ2n) is 3.98. The van der Waals surface area contributed by atoms with Gasteiger partial charge in [0, 0.05) is 32.2 Å². The van der Waals surface area contributed by atoms with Crippen molar-refractivity contribution in [2.24, 2.45) is 0 Å². The van der Waals surface area contributed by atoms with Crippen LogP contribution in [0.4, 0.5) is 13.2 Å². The number of alkyl halides is 3. The molecule has 0 saturated carbocycles. The van der Waals surface area contributed by atoms with Crippen LogP contribution in [0.25, 0.3) is 0 Å². The molecule has 0 aliphatic carbocycles. The quantitative estimate of drug-likeness (QED) is 0.739. The smallest absolute Gasteiger partial charge is 0.298 e. The van der Waals surface area contributed by atoms with Crippen LogP contribution in [0, 0.1) is 0 Å². The molecule has 1 aliphatic heterocycles. The summed E-state index contributed by atoms with van der Waals surface area (Å²) in [6.07, 6.45) is 0. The molecular weight excluding hydrogens is 245 g/mol. The van der Waals surface area contributed by atoms with E-state index in [1.54, 1.807) is 0 Å². The fourth-order valence-corrected chi connectivity index (χ4v) is 2.54. The van der Waals surface area contributed by atoms with Gasteiger partial charge in [-0.15, -0.1) is 0 Å². The predicted octanol–water partition coefficient (Wildman–Crippen LogP) is 0.862. The normalized spacial score (nSPS) is 21.6. The lowest BCUT2D eigenvalue weighted by Gasteiger charge is -2.36. The number of piperazine rings is 1. The van der Waals surface area contributed by atoms with Gasteiger partial charge in [-0.25, -0.2) is 8.42 Å². The summed E-state index contributed by atoms with van der Waals surface area (Å²) < 4.78 is 59.3. The molecule has 0 aromatic carbocycles. The van der Waals surface area contributed by atoms with E-state index >= 15 is 0 Å². The summed E-state index contributed by atoms with van der Waals surface area (Å²) in [5.74, 6) is 0. The summed E-state index contributed by atoms with van der Waals surface area (Å²) in [4.78, 5) is 1.95. The maximum absolute atomic E-state index is 12.2. The van der Waals surface area contributed by atoms with Crippen molar-refractivity contribution in [3.8, 4) is 0 Å². The lowest BCUT2D eigenvalue weighted by atomic mass is 10.3. The van der Waals surface area contributed by atoms with E-state index in [2.05, 4.69) is 0 Å². The molecule has 1 heterocycles. The molecule has 1 fully saturated rings. The molecule has 0 bridgehead atoms. The average molecular weight is 260 g/mol. The number of rotatable bonds is 2. The molecule has 1 aliphatic rings. The molecule has 0 amide bonds. The standard InChI is InChI=1S/C8H15F3N2O2S/c1-7(2)12-3-5-13(6-4-12)16(14,15)8(9,10)11/h7H,3-6H2,1-2H3. The van der Waals surface area contributed by atoms with Crippen LogP contribution in [0.1, 0.15) is 13.8 Å². The molecule has 0 radical (unpaired) electrons. The minimum atomic E-state index is -5.19. The zero-order chi connectivity index (χ0) is 12.6. The highest BCUT2D eigenvalue weighted by Crippen LogP contribution is 2.27. The van der Waals surface area contributed by atoms with Gasteiger partial charge in [0.15, 0.2) is 0 Å². The van der Waals surface area contributed by atoms with E-state index in [1.165, 1.54) is 0 Å². The summed E-state index contributed by atoms with van der Waals surface area (Å²) in [5, 5.41) is 0. The van der Waals surface area contributed by atoms with E-state index in [9.17, 15) is 21.6 Å². The zero-order valence-electron chi connectivity index (χ0n) is 9.16. The third-order valence-electron chi connectivity index (χ3n) is 2.64. The Morgan fingerprint density at radius 1 is 1.06 bits per heavy atom. The fourth-order valence-electron chi connectivity index (χ4n) is 1.61. The first-order valence-corrected chi connectivity index (χ1v) is 6.40. The molecule has 0 N–H and O–H groups in total. The second kappa shape index (κ2) is 4.50. The Hall–Kier alpha value is -0.340. The van der Waals surface area contributed by atoms with E-state index in [-0.39, 0.29) is 19.1 Å². The lowest BCUT2D eigenvalue weighted by molar-refractivity contribution is -0.0501. The monoisotopic (exact) mass is 260 g/mol. The van der Waals surface area contributed by atoms with Crippen molar-refractivity contribution < 1.29 is 21.6 Å². The molecule has 16 heavy (non-hydrogen) atoms. The molecule has 0 aromatic heterocycles. The van der Waals surface area contributed by atoms with Gasteiger partial charge in [0.25, 0.3) is 0 Å².